The number of aromatic hydroxyl groups is 1. The number of hydrogen-bond acceptors (Lipinski definition) is 4. The Balaban J connectivity index is 3.27. The van der Waals surface area contributed by atoms with Crippen molar-refractivity contribution in [3.05, 3.63) is 35.4 Å². The third-order valence-corrected chi connectivity index (χ3v) is 1.78. The molecule has 1 N–H and O–H groups in total. The molecule has 0 atom stereocenters. The highest BCUT2D eigenvalue weighted by Crippen LogP contribution is 2.21. The van der Waals surface area contributed by atoms with Gasteiger partial charge in [0.1, 0.15) is 17.9 Å². The Bertz CT molecular complexity index is 445. The van der Waals surface area contributed by atoms with E-state index in [4.69, 9.17) is 20.4 Å². The van der Waals surface area contributed by atoms with Crippen LogP contribution in [0.25, 0.3) is 5.76 Å². The van der Waals surface area contributed by atoms with Gasteiger partial charge in [-0.2, -0.15) is 10.5 Å². The maximum absolute atomic E-state index is 9.08. The predicted octanol–water partition coefficient (Wildman–Crippen LogP) is 1.80. The van der Waals surface area contributed by atoms with Crippen molar-refractivity contribution < 1.29 is 9.84 Å². The van der Waals surface area contributed by atoms with Gasteiger partial charge in [-0.15, -0.1) is 0 Å². The van der Waals surface area contributed by atoms with Crippen LogP contribution in [0.3, 0.4) is 0 Å². The van der Waals surface area contributed by atoms with Crippen molar-refractivity contribution in [2.75, 3.05) is 7.11 Å². The number of phenols is 1. The SMILES string of the molecule is COC(=C(C#N)C#N)c1ccc(O)cc1. The Morgan fingerprint density at radius 2 is 1.73 bits per heavy atom. The first-order chi connectivity index (χ1) is 7.22. The van der Waals surface area contributed by atoms with Crippen molar-refractivity contribution in [2.24, 2.45) is 0 Å². The first-order valence-corrected chi connectivity index (χ1v) is 4.10. The van der Waals surface area contributed by atoms with E-state index in [0.29, 0.717) is 5.56 Å². The summed E-state index contributed by atoms with van der Waals surface area (Å²) < 4.78 is 4.97. The molecule has 0 bridgehead atoms. The summed E-state index contributed by atoms with van der Waals surface area (Å²) in [6.45, 7) is 0. The van der Waals surface area contributed by atoms with E-state index >= 15 is 0 Å². The second-order valence-corrected chi connectivity index (χ2v) is 2.68. The van der Waals surface area contributed by atoms with Gasteiger partial charge in [-0.25, -0.2) is 0 Å². The van der Waals surface area contributed by atoms with Crippen LogP contribution in [0, 0.1) is 22.7 Å². The summed E-state index contributed by atoms with van der Waals surface area (Å²) in [5, 5.41) is 26.4. The molecule has 0 radical (unpaired) electrons. The van der Waals surface area contributed by atoms with Gasteiger partial charge in [0, 0.05) is 5.56 Å². The van der Waals surface area contributed by atoms with Crippen molar-refractivity contribution in [1.82, 2.24) is 0 Å². The quantitative estimate of drug-likeness (QED) is 0.583. The summed E-state index contributed by atoms with van der Waals surface area (Å²) in [6.07, 6.45) is 0. The molecule has 1 rings (SSSR count). The largest absolute Gasteiger partial charge is 0.508 e. The molecule has 4 heteroatoms. The third-order valence-electron chi connectivity index (χ3n) is 1.78. The fraction of sp³-hybridized carbons (Fsp3) is 0.0909. The lowest BCUT2D eigenvalue weighted by atomic mass is 10.1. The summed E-state index contributed by atoms with van der Waals surface area (Å²) in [5.41, 5.74) is 0.483. The van der Waals surface area contributed by atoms with Gasteiger partial charge in [-0.05, 0) is 24.3 Å². The zero-order valence-corrected chi connectivity index (χ0v) is 8.06. The van der Waals surface area contributed by atoms with Crippen LogP contribution >= 0.6 is 0 Å². The zero-order valence-electron chi connectivity index (χ0n) is 8.06. The Hall–Kier alpha value is -2.46. The van der Waals surface area contributed by atoms with E-state index in [1.54, 1.807) is 24.3 Å². The molecule has 74 valence electrons. The van der Waals surface area contributed by atoms with Gasteiger partial charge >= 0.3 is 0 Å². The zero-order chi connectivity index (χ0) is 11.3. The molecule has 15 heavy (non-hydrogen) atoms. The molecular formula is C11H8N2O2. The standard InChI is InChI=1S/C11H8N2O2/c1-15-11(9(6-12)7-13)8-2-4-10(14)5-3-8/h2-5,14H,1H3. The van der Waals surface area contributed by atoms with Crippen molar-refractivity contribution >= 4 is 5.76 Å². The topological polar surface area (TPSA) is 77.0 Å². The van der Waals surface area contributed by atoms with Crippen LogP contribution in [0.15, 0.2) is 29.8 Å². The third kappa shape index (κ3) is 2.26. The van der Waals surface area contributed by atoms with E-state index in [2.05, 4.69) is 0 Å². The average molecular weight is 200 g/mol. The minimum atomic E-state index is -0.0943. The number of nitrogens with zero attached hydrogens (tertiary/aromatic N) is 2. The van der Waals surface area contributed by atoms with Crippen LogP contribution in [0.5, 0.6) is 5.75 Å². The van der Waals surface area contributed by atoms with Crippen molar-refractivity contribution in [1.29, 1.82) is 10.5 Å². The molecule has 0 aromatic heterocycles. The van der Waals surface area contributed by atoms with Crippen LogP contribution < -0.4 is 0 Å². The average Bonchev–Trinajstić information content (AvgIpc) is 2.27. The Morgan fingerprint density at radius 3 is 2.13 bits per heavy atom. The monoisotopic (exact) mass is 200 g/mol. The lowest BCUT2D eigenvalue weighted by molar-refractivity contribution is 0.368. The van der Waals surface area contributed by atoms with Gasteiger partial charge in [-0.3, -0.25) is 0 Å². The predicted molar refractivity (Wildman–Crippen MR) is 53.3 cm³/mol. The summed E-state index contributed by atoms with van der Waals surface area (Å²) in [5.74, 6) is 0.324. The minimum Gasteiger partial charge on any atom is -0.508 e. The second-order valence-electron chi connectivity index (χ2n) is 2.68. The highest BCUT2D eigenvalue weighted by molar-refractivity contribution is 5.70. The lowest BCUT2D eigenvalue weighted by Crippen LogP contribution is -1.91. The van der Waals surface area contributed by atoms with Gasteiger partial charge in [0.05, 0.1) is 7.11 Å². The summed E-state index contributed by atoms with van der Waals surface area (Å²) in [4.78, 5) is 0. The van der Waals surface area contributed by atoms with E-state index < -0.39 is 0 Å². The number of rotatable bonds is 2. The summed E-state index contributed by atoms with van der Waals surface area (Å²) >= 11 is 0. The number of hydrogen-bond donors (Lipinski definition) is 1. The number of benzene rings is 1. The first-order valence-electron chi connectivity index (χ1n) is 4.10. The smallest absolute Gasteiger partial charge is 0.172 e. The van der Waals surface area contributed by atoms with Crippen LogP contribution in [-0.4, -0.2) is 12.2 Å². The molecular weight excluding hydrogens is 192 g/mol. The van der Waals surface area contributed by atoms with Crippen LogP contribution in [0.4, 0.5) is 0 Å². The van der Waals surface area contributed by atoms with Crippen molar-refractivity contribution in [3.8, 4) is 17.9 Å². The van der Waals surface area contributed by atoms with E-state index in [1.165, 1.54) is 19.2 Å². The van der Waals surface area contributed by atoms with E-state index in [-0.39, 0.29) is 17.1 Å². The lowest BCUT2D eigenvalue weighted by Gasteiger charge is -2.05. The number of allylic oxidation sites excluding steroid dienone is 1. The molecule has 0 amide bonds. The first kappa shape index (κ1) is 10.6. The number of nitriles is 2. The molecule has 1 aromatic rings. The molecule has 0 saturated heterocycles. The van der Waals surface area contributed by atoms with Gasteiger partial charge in [0.2, 0.25) is 0 Å². The maximum atomic E-state index is 9.08. The highest BCUT2D eigenvalue weighted by Gasteiger charge is 2.08. The van der Waals surface area contributed by atoms with Crippen LogP contribution in [0.2, 0.25) is 0 Å². The normalized spacial score (nSPS) is 8.47. The molecule has 0 heterocycles. The molecule has 1 aromatic carbocycles. The molecule has 0 fully saturated rings. The number of methoxy groups -OCH3 is 1. The minimum absolute atomic E-state index is 0.0943. The molecule has 0 saturated carbocycles. The van der Waals surface area contributed by atoms with Crippen molar-refractivity contribution in [3.63, 3.8) is 0 Å². The number of phenolic OH excluding ortho intramolecular Hbond substituents is 1. The van der Waals surface area contributed by atoms with Crippen LogP contribution in [0.1, 0.15) is 5.56 Å². The van der Waals surface area contributed by atoms with E-state index in [9.17, 15) is 0 Å². The van der Waals surface area contributed by atoms with Crippen molar-refractivity contribution in [2.45, 2.75) is 0 Å². The molecule has 0 aliphatic carbocycles. The fourth-order valence-corrected chi connectivity index (χ4v) is 1.10. The summed E-state index contributed by atoms with van der Waals surface area (Å²) in [6, 6.07) is 9.56. The molecule has 0 aliphatic rings. The van der Waals surface area contributed by atoms with Gasteiger partial charge in [0.15, 0.2) is 11.3 Å². The Morgan fingerprint density at radius 1 is 1.20 bits per heavy atom. The van der Waals surface area contributed by atoms with E-state index in [0.717, 1.165) is 0 Å². The molecule has 0 spiro atoms. The highest BCUT2D eigenvalue weighted by atomic mass is 16.5. The molecule has 4 nitrogen and oxygen atoms in total. The molecule has 0 aliphatic heterocycles. The van der Waals surface area contributed by atoms with Gasteiger partial charge in [0.25, 0.3) is 0 Å². The summed E-state index contributed by atoms with van der Waals surface area (Å²) in [7, 11) is 1.39. The fourth-order valence-electron chi connectivity index (χ4n) is 1.10. The van der Waals surface area contributed by atoms with Gasteiger partial charge < -0.3 is 9.84 Å². The van der Waals surface area contributed by atoms with Crippen LogP contribution in [-0.2, 0) is 4.74 Å². The Labute approximate surface area is 87.3 Å². The maximum Gasteiger partial charge on any atom is 0.172 e. The Kier molecular flexibility index (Phi) is 3.32. The number of ether oxygens (including phenoxy) is 1. The van der Waals surface area contributed by atoms with Gasteiger partial charge in [-0.1, -0.05) is 0 Å². The molecule has 0 unspecified atom stereocenters. The van der Waals surface area contributed by atoms with E-state index in [1.807, 2.05) is 0 Å². The second kappa shape index (κ2) is 4.69.